The molecule has 2 aromatic carbocycles. The Morgan fingerprint density at radius 2 is 1.79 bits per heavy atom. The van der Waals surface area contributed by atoms with Gasteiger partial charge in [0, 0.05) is 41.3 Å². The van der Waals surface area contributed by atoms with Gasteiger partial charge in [0.15, 0.2) is 0 Å². The molecule has 0 bridgehead atoms. The summed E-state index contributed by atoms with van der Waals surface area (Å²) in [6, 6.07) is 11.4. The maximum absolute atomic E-state index is 13.2. The van der Waals surface area contributed by atoms with Crippen molar-refractivity contribution < 1.29 is 19.5 Å². The van der Waals surface area contributed by atoms with E-state index in [1.165, 1.54) is 4.90 Å². The van der Waals surface area contributed by atoms with Gasteiger partial charge in [-0.25, -0.2) is 9.86 Å². The molecule has 0 saturated carbocycles. The summed E-state index contributed by atoms with van der Waals surface area (Å²) in [6.07, 6.45) is 0. The molecule has 0 fully saturated rings. The third kappa shape index (κ3) is 3.92. The Balaban J connectivity index is 2.15. The second-order valence-corrected chi connectivity index (χ2v) is 7.27. The number of amides is 2. The van der Waals surface area contributed by atoms with Crippen molar-refractivity contribution >= 4 is 34.4 Å². The van der Waals surface area contributed by atoms with Crippen molar-refractivity contribution in [3.63, 3.8) is 0 Å². The second kappa shape index (κ2) is 8.14. The molecule has 0 aliphatic carbocycles. The lowest BCUT2D eigenvalue weighted by molar-refractivity contribution is -0.0600. The van der Waals surface area contributed by atoms with Gasteiger partial charge in [0.05, 0.1) is 19.2 Å². The Morgan fingerprint density at radius 3 is 2.38 bits per heavy atom. The van der Waals surface area contributed by atoms with Crippen LogP contribution in [-0.2, 0) is 6.54 Å². The largest absolute Gasteiger partial charge is 0.497 e. The number of methoxy groups -OCH3 is 1. The zero-order valence-electron chi connectivity index (χ0n) is 16.6. The fourth-order valence-electron chi connectivity index (χ4n) is 3.22. The zero-order chi connectivity index (χ0) is 21.3. The smallest absolute Gasteiger partial charge is 0.343 e. The van der Waals surface area contributed by atoms with Crippen molar-refractivity contribution in [2.75, 3.05) is 21.2 Å². The normalized spacial score (nSPS) is 10.8. The maximum atomic E-state index is 13.2. The number of hydrogen-bond acceptors (Lipinski definition) is 4. The van der Waals surface area contributed by atoms with Gasteiger partial charge in [-0.05, 0) is 49.4 Å². The molecule has 1 heterocycles. The number of urea groups is 1. The summed E-state index contributed by atoms with van der Waals surface area (Å²) in [5.74, 6) is 0.377. The molecule has 0 aliphatic heterocycles. The van der Waals surface area contributed by atoms with Gasteiger partial charge in [0.1, 0.15) is 5.75 Å². The van der Waals surface area contributed by atoms with Crippen molar-refractivity contribution in [2.45, 2.75) is 13.5 Å². The standard InChI is InChI=1S/C21H22ClN3O4/c1-13-18(12-24(28)21(27)23(2)3)17-11-16(29-4)9-10-19(17)25(13)20(26)14-5-7-15(22)8-6-14/h5-11,28H,12H2,1-4H3. The summed E-state index contributed by atoms with van der Waals surface area (Å²) >= 11 is 5.94. The van der Waals surface area contributed by atoms with Crippen molar-refractivity contribution in [1.82, 2.24) is 14.5 Å². The zero-order valence-corrected chi connectivity index (χ0v) is 17.4. The van der Waals surface area contributed by atoms with Gasteiger partial charge in [-0.1, -0.05) is 11.6 Å². The van der Waals surface area contributed by atoms with E-state index in [2.05, 4.69) is 0 Å². The summed E-state index contributed by atoms with van der Waals surface area (Å²) < 4.78 is 6.89. The number of hydroxylamine groups is 2. The first-order valence-electron chi connectivity index (χ1n) is 8.90. The number of carbonyl (C=O) groups is 2. The number of aromatic nitrogens is 1. The van der Waals surface area contributed by atoms with Crippen molar-refractivity contribution in [1.29, 1.82) is 0 Å². The van der Waals surface area contributed by atoms with E-state index < -0.39 is 6.03 Å². The molecular weight excluding hydrogens is 394 g/mol. The van der Waals surface area contributed by atoms with E-state index in [0.717, 1.165) is 5.39 Å². The van der Waals surface area contributed by atoms with Crippen LogP contribution in [0.25, 0.3) is 10.9 Å². The van der Waals surface area contributed by atoms with Crippen LogP contribution in [0.15, 0.2) is 42.5 Å². The summed E-state index contributed by atoms with van der Waals surface area (Å²) in [7, 11) is 4.65. The van der Waals surface area contributed by atoms with Crippen LogP contribution in [0, 0.1) is 6.92 Å². The molecule has 1 aromatic heterocycles. The Hall–Kier alpha value is -3.03. The van der Waals surface area contributed by atoms with Crippen molar-refractivity contribution in [3.05, 3.63) is 64.3 Å². The van der Waals surface area contributed by atoms with E-state index in [4.69, 9.17) is 16.3 Å². The van der Waals surface area contributed by atoms with Crippen LogP contribution in [0.2, 0.25) is 5.02 Å². The summed E-state index contributed by atoms with van der Waals surface area (Å²) in [5, 5.41) is 12.1. The molecule has 0 unspecified atom stereocenters. The number of nitrogens with zero attached hydrogens (tertiary/aromatic N) is 3. The molecule has 1 N–H and O–H groups in total. The molecule has 0 atom stereocenters. The lowest BCUT2D eigenvalue weighted by Crippen LogP contribution is -2.36. The number of halogens is 1. The Kier molecular flexibility index (Phi) is 5.81. The highest BCUT2D eigenvalue weighted by atomic mass is 35.5. The first-order chi connectivity index (χ1) is 13.7. The van der Waals surface area contributed by atoms with Crippen LogP contribution in [0.4, 0.5) is 4.79 Å². The van der Waals surface area contributed by atoms with E-state index in [0.29, 0.717) is 38.2 Å². The second-order valence-electron chi connectivity index (χ2n) is 6.83. The van der Waals surface area contributed by atoms with Crippen LogP contribution in [-0.4, -0.2) is 52.9 Å². The van der Waals surface area contributed by atoms with Gasteiger partial charge < -0.3 is 9.64 Å². The summed E-state index contributed by atoms with van der Waals surface area (Å²) in [4.78, 5) is 26.6. The molecule has 3 aromatic rings. The molecule has 0 saturated heterocycles. The first kappa shape index (κ1) is 20.7. The Bertz CT molecular complexity index is 1070. The third-order valence-electron chi connectivity index (χ3n) is 4.75. The summed E-state index contributed by atoms with van der Waals surface area (Å²) in [6.45, 7) is 1.71. The van der Waals surface area contributed by atoms with E-state index in [1.807, 2.05) is 0 Å². The van der Waals surface area contributed by atoms with Gasteiger partial charge in [0.25, 0.3) is 5.91 Å². The topological polar surface area (TPSA) is 75.0 Å². The molecule has 3 rings (SSSR count). The number of rotatable bonds is 4. The van der Waals surface area contributed by atoms with Crippen LogP contribution in [0.3, 0.4) is 0 Å². The minimum absolute atomic E-state index is 0.0760. The average Bonchev–Trinajstić information content (AvgIpc) is 2.98. The SMILES string of the molecule is COc1ccc2c(c1)c(CN(O)C(=O)N(C)C)c(C)n2C(=O)c1ccc(Cl)cc1. The highest BCUT2D eigenvalue weighted by molar-refractivity contribution is 6.30. The first-order valence-corrected chi connectivity index (χ1v) is 9.28. The number of ether oxygens (including phenoxy) is 1. The fourth-order valence-corrected chi connectivity index (χ4v) is 3.35. The molecule has 2 amide bonds. The van der Waals surface area contributed by atoms with Crippen molar-refractivity contribution in [3.8, 4) is 5.75 Å². The highest BCUT2D eigenvalue weighted by Gasteiger charge is 2.23. The number of hydrogen-bond donors (Lipinski definition) is 1. The highest BCUT2D eigenvalue weighted by Crippen LogP contribution is 2.31. The number of fused-ring (bicyclic) bond motifs is 1. The summed E-state index contributed by atoms with van der Waals surface area (Å²) in [5.41, 5.74) is 2.41. The van der Waals surface area contributed by atoms with E-state index in [-0.39, 0.29) is 12.5 Å². The van der Waals surface area contributed by atoms with Gasteiger partial charge in [-0.2, -0.15) is 0 Å². The van der Waals surface area contributed by atoms with Crippen LogP contribution < -0.4 is 4.74 Å². The Morgan fingerprint density at radius 1 is 1.14 bits per heavy atom. The van der Waals surface area contributed by atoms with Gasteiger partial charge >= 0.3 is 6.03 Å². The molecule has 152 valence electrons. The third-order valence-corrected chi connectivity index (χ3v) is 5.00. The average molecular weight is 416 g/mol. The molecular formula is C21H22ClN3O4. The monoisotopic (exact) mass is 415 g/mol. The Labute approximate surface area is 173 Å². The predicted molar refractivity (Wildman–Crippen MR) is 111 cm³/mol. The van der Waals surface area contributed by atoms with E-state index >= 15 is 0 Å². The minimum atomic E-state index is -0.558. The number of benzene rings is 2. The molecule has 0 aliphatic rings. The quantitative estimate of drug-likeness (QED) is 0.512. The molecule has 7 nitrogen and oxygen atoms in total. The lowest BCUT2D eigenvalue weighted by Gasteiger charge is -2.20. The fraction of sp³-hybridized carbons (Fsp3) is 0.238. The van der Waals surface area contributed by atoms with Gasteiger partial charge in [-0.3, -0.25) is 14.6 Å². The number of carbonyl (C=O) groups excluding carboxylic acids is 2. The van der Waals surface area contributed by atoms with Gasteiger partial charge in [0.2, 0.25) is 0 Å². The minimum Gasteiger partial charge on any atom is -0.497 e. The molecule has 29 heavy (non-hydrogen) atoms. The lowest BCUT2D eigenvalue weighted by atomic mass is 10.1. The van der Waals surface area contributed by atoms with E-state index in [9.17, 15) is 14.8 Å². The van der Waals surface area contributed by atoms with Crippen LogP contribution in [0.5, 0.6) is 5.75 Å². The molecule has 8 heteroatoms. The maximum Gasteiger partial charge on any atom is 0.343 e. The van der Waals surface area contributed by atoms with E-state index in [1.54, 1.807) is 75.2 Å². The van der Waals surface area contributed by atoms with Crippen molar-refractivity contribution in [2.24, 2.45) is 0 Å². The predicted octanol–water partition coefficient (Wildman–Crippen LogP) is 4.17. The molecule has 0 spiro atoms. The molecule has 0 radical (unpaired) electrons. The van der Waals surface area contributed by atoms with Crippen LogP contribution in [0.1, 0.15) is 21.6 Å². The van der Waals surface area contributed by atoms with Crippen LogP contribution >= 0.6 is 11.6 Å². The van der Waals surface area contributed by atoms with Gasteiger partial charge in [-0.15, -0.1) is 0 Å².